The molecular formula is C50H51N. The van der Waals surface area contributed by atoms with Gasteiger partial charge < -0.3 is 4.90 Å². The van der Waals surface area contributed by atoms with Gasteiger partial charge in [-0.1, -0.05) is 163 Å². The second kappa shape index (κ2) is 11.6. The van der Waals surface area contributed by atoms with Gasteiger partial charge in [0.25, 0.3) is 0 Å². The third-order valence-corrected chi connectivity index (χ3v) is 13.2. The van der Waals surface area contributed by atoms with Gasteiger partial charge in [-0.3, -0.25) is 0 Å². The van der Waals surface area contributed by atoms with Crippen molar-refractivity contribution in [3.05, 3.63) is 191 Å². The van der Waals surface area contributed by atoms with Gasteiger partial charge >= 0.3 is 0 Å². The Kier molecular flexibility index (Phi) is 7.55. The van der Waals surface area contributed by atoms with Crippen LogP contribution in [0.5, 0.6) is 0 Å². The zero-order valence-electron chi connectivity index (χ0n) is 31.4. The topological polar surface area (TPSA) is 3.24 Å². The molecule has 1 aliphatic heterocycles. The van der Waals surface area contributed by atoms with E-state index in [4.69, 9.17) is 6.58 Å². The summed E-state index contributed by atoms with van der Waals surface area (Å²) in [6, 6.07) is 49.3. The molecule has 8 rings (SSSR count). The highest BCUT2D eigenvalue weighted by Gasteiger charge is 2.68. The molecule has 256 valence electrons. The van der Waals surface area contributed by atoms with Crippen LogP contribution in [0.2, 0.25) is 0 Å². The second-order valence-corrected chi connectivity index (χ2v) is 17.0. The minimum atomic E-state index is -0.439. The van der Waals surface area contributed by atoms with Crippen LogP contribution >= 0.6 is 0 Å². The van der Waals surface area contributed by atoms with Gasteiger partial charge in [-0.2, -0.15) is 0 Å². The van der Waals surface area contributed by atoms with E-state index in [0.29, 0.717) is 0 Å². The van der Waals surface area contributed by atoms with Crippen molar-refractivity contribution in [1.29, 1.82) is 0 Å². The molecule has 1 saturated carbocycles. The Labute approximate surface area is 306 Å². The fraction of sp³-hybridized carbons (Fsp3) is 0.280. The third kappa shape index (κ3) is 4.60. The average molecular weight is 666 g/mol. The van der Waals surface area contributed by atoms with E-state index in [2.05, 4.69) is 199 Å². The number of allylic oxidation sites excluding steroid dienone is 4. The van der Waals surface area contributed by atoms with E-state index < -0.39 is 5.41 Å². The Morgan fingerprint density at radius 2 is 1.18 bits per heavy atom. The fourth-order valence-electron chi connectivity index (χ4n) is 11.3. The number of anilines is 1. The molecule has 0 radical (unpaired) electrons. The molecule has 3 aliphatic rings. The zero-order valence-corrected chi connectivity index (χ0v) is 31.4. The fourth-order valence-corrected chi connectivity index (χ4v) is 11.3. The van der Waals surface area contributed by atoms with E-state index in [1.54, 1.807) is 0 Å². The highest BCUT2D eigenvalue weighted by molar-refractivity contribution is 5.89. The molecule has 0 spiro atoms. The van der Waals surface area contributed by atoms with E-state index in [-0.39, 0.29) is 21.8 Å². The van der Waals surface area contributed by atoms with Crippen LogP contribution in [0.3, 0.4) is 0 Å². The lowest BCUT2D eigenvalue weighted by Gasteiger charge is -2.62. The standard InChI is InChI=1S/C50H51N/c1-9-45-44(49(8)47(5,6)33-46(3,4)34-48(49,7)51(45)39-25-17-12-18-26-39)31-35(2)36-29-30-41-40-27-19-20-28-42(40)50(43(41)32-36,37-21-13-10-14-22-37)38-23-15-11-16-24-38/h9-32H,2,33-34H2,1,3-8H3/b44-31?,45-9+. The van der Waals surface area contributed by atoms with Crippen molar-refractivity contribution >= 4 is 11.3 Å². The number of fused-ring (bicyclic) bond motifs is 4. The van der Waals surface area contributed by atoms with E-state index >= 15 is 0 Å². The van der Waals surface area contributed by atoms with Crippen molar-refractivity contribution in [2.24, 2.45) is 16.2 Å². The molecule has 2 unspecified atom stereocenters. The maximum atomic E-state index is 4.87. The number of nitrogens with zero attached hydrogens (tertiary/aromatic N) is 1. The van der Waals surface area contributed by atoms with Gasteiger partial charge in [0.05, 0.1) is 11.0 Å². The molecule has 51 heavy (non-hydrogen) atoms. The molecule has 0 bridgehead atoms. The van der Waals surface area contributed by atoms with E-state index in [1.165, 1.54) is 50.3 Å². The van der Waals surface area contributed by atoms with Gasteiger partial charge in [-0.25, -0.2) is 0 Å². The maximum Gasteiger partial charge on any atom is 0.0713 e. The predicted octanol–water partition coefficient (Wildman–Crippen LogP) is 13.0. The van der Waals surface area contributed by atoms with Gasteiger partial charge in [-0.05, 0) is 112 Å². The Hall–Kier alpha value is -4.88. The smallest absolute Gasteiger partial charge is 0.0713 e. The Morgan fingerprint density at radius 1 is 0.627 bits per heavy atom. The summed E-state index contributed by atoms with van der Waals surface area (Å²) in [6.45, 7) is 22.1. The Morgan fingerprint density at radius 3 is 1.78 bits per heavy atom. The molecule has 1 heteroatoms. The SMILES string of the molecule is C=C(C=C1/C(=C\C)N(c2ccccc2)C2(C)CC(C)(C)CC(C)(C)C12C)c1ccc2c(c1)C(c1ccccc1)(c1ccccc1)c1ccccc1-2. The number of hydrogen-bond donors (Lipinski definition) is 0. The first-order valence-corrected chi connectivity index (χ1v) is 18.7. The van der Waals surface area contributed by atoms with Crippen LogP contribution in [0.4, 0.5) is 5.69 Å². The molecule has 1 heterocycles. The molecule has 0 N–H and O–H groups in total. The summed E-state index contributed by atoms with van der Waals surface area (Å²) in [6.07, 6.45) is 7.05. The van der Waals surface area contributed by atoms with Crippen molar-refractivity contribution in [2.75, 3.05) is 4.90 Å². The summed E-state index contributed by atoms with van der Waals surface area (Å²) in [5, 5.41) is 0. The monoisotopic (exact) mass is 665 g/mol. The molecule has 5 aromatic carbocycles. The molecule has 5 aromatic rings. The van der Waals surface area contributed by atoms with Crippen molar-refractivity contribution in [1.82, 2.24) is 0 Å². The summed E-state index contributed by atoms with van der Waals surface area (Å²) in [4.78, 5) is 2.67. The van der Waals surface area contributed by atoms with Crippen LogP contribution in [0.25, 0.3) is 16.7 Å². The predicted molar refractivity (Wildman–Crippen MR) is 217 cm³/mol. The average Bonchev–Trinajstić information content (AvgIpc) is 3.52. The van der Waals surface area contributed by atoms with Crippen LogP contribution in [0.15, 0.2) is 163 Å². The molecule has 2 aliphatic carbocycles. The quantitative estimate of drug-likeness (QED) is 0.177. The normalized spacial score (nSPS) is 25.4. The van der Waals surface area contributed by atoms with Crippen molar-refractivity contribution in [2.45, 2.75) is 72.3 Å². The minimum Gasteiger partial charge on any atom is -0.335 e. The lowest BCUT2D eigenvalue weighted by atomic mass is 9.45. The highest BCUT2D eigenvalue weighted by Crippen LogP contribution is 2.71. The number of para-hydroxylation sites is 1. The first-order chi connectivity index (χ1) is 24.4. The van der Waals surface area contributed by atoms with Gasteiger partial charge in [0, 0.05) is 16.8 Å². The first-order valence-electron chi connectivity index (χ1n) is 18.7. The maximum absolute atomic E-state index is 4.87. The lowest BCUT2D eigenvalue weighted by molar-refractivity contribution is -0.0491. The van der Waals surface area contributed by atoms with Crippen molar-refractivity contribution < 1.29 is 0 Å². The molecule has 1 saturated heterocycles. The van der Waals surface area contributed by atoms with Gasteiger partial charge in [0.2, 0.25) is 0 Å². The van der Waals surface area contributed by atoms with Crippen molar-refractivity contribution in [3.63, 3.8) is 0 Å². The second-order valence-electron chi connectivity index (χ2n) is 17.0. The third-order valence-electron chi connectivity index (χ3n) is 13.2. The summed E-state index contributed by atoms with van der Waals surface area (Å²) < 4.78 is 0. The van der Waals surface area contributed by atoms with Crippen LogP contribution in [0, 0.1) is 16.2 Å². The largest absolute Gasteiger partial charge is 0.335 e. The number of rotatable bonds is 5. The minimum absolute atomic E-state index is 0.0305. The highest BCUT2D eigenvalue weighted by atomic mass is 15.3. The summed E-state index contributed by atoms with van der Waals surface area (Å²) >= 11 is 0. The van der Waals surface area contributed by atoms with Gasteiger partial charge in [0.15, 0.2) is 0 Å². The lowest BCUT2D eigenvalue weighted by Crippen LogP contribution is -2.62. The van der Waals surface area contributed by atoms with Crippen molar-refractivity contribution in [3.8, 4) is 11.1 Å². The van der Waals surface area contributed by atoms with Crippen LogP contribution in [0.1, 0.15) is 89.1 Å². The molecule has 0 aromatic heterocycles. The van der Waals surface area contributed by atoms with Crippen LogP contribution < -0.4 is 4.90 Å². The van der Waals surface area contributed by atoms with Crippen LogP contribution in [-0.4, -0.2) is 5.54 Å². The summed E-state index contributed by atoms with van der Waals surface area (Å²) in [5.41, 5.74) is 13.5. The van der Waals surface area contributed by atoms with E-state index in [0.717, 1.165) is 24.0 Å². The van der Waals surface area contributed by atoms with E-state index in [1.807, 2.05) is 0 Å². The Bertz CT molecular complexity index is 2160. The van der Waals surface area contributed by atoms with E-state index in [9.17, 15) is 0 Å². The summed E-state index contributed by atoms with van der Waals surface area (Å²) in [7, 11) is 0. The molecular weight excluding hydrogens is 615 g/mol. The van der Waals surface area contributed by atoms with Gasteiger partial charge in [0.1, 0.15) is 0 Å². The summed E-state index contributed by atoms with van der Waals surface area (Å²) in [5.74, 6) is 0. The number of hydrogen-bond acceptors (Lipinski definition) is 1. The number of benzene rings is 5. The zero-order chi connectivity index (χ0) is 35.8. The molecule has 2 fully saturated rings. The first kappa shape index (κ1) is 33.3. The Balaban J connectivity index is 1.34. The van der Waals surface area contributed by atoms with Gasteiger partial charge in [-0.15, -0.1) is 0 Å². The van der Waals surface area contributed by atoms with Crippen LogP contribution in [-0.2, 0) is 5.41 Å². The molecule has 0 amide bonds. The molecule has 2 atom stereocenters. The molecule has 1 nitrogen and oxygen atoms in total.